The van der Waals surface area contributed by atoms with E-state index in [1.165, 1.54) is 0 Å². The lowest BCUT2D eigenvalue weighted by Gasteiger charge is -2.10. The molecule has 7 heteroatoms. The van der Waals surface area contributed by atoms with E-state index in [2.05, 4.69) is 0 Å². The van der Waals surface area contributed by atoms with Gasteiger partial charge in [-0.05, 0) is 42.9 Å². The van der Waals surface area contributed by atoms with Gasteiger partial charge in [-0.25, -0.2) is 4.79 Å². The Morgan fingerprint density at radius 1 is 1.32 bits per heavy atom. The Hall–Kier alpha value is -1.60. The lowest BCUT2D eigenvalue weighted by molar-refractivity contribution is -0.145. The molecule has 0 saturated heterocycles. The molecule has 0 saturated carbocycles. The molecule has 1 aromatic rings. The van der Waals surface area contributed by atoms with Crippen LogP contribution in [0.2, 0.25) is 0 Å². The molecule has 1 aromatic carbocycles. The highest BCUT2D eigenvalue weighted by molar-refractivity contribution is 7.85. The summed E-state index contributed by atoms with van der Waals surface area (Å²) in [6, 6.07) is 5.64. The van der Waals surface area contributed by atoms with Crippen molar-refractivity contribution in [2.24, 2.45) is 5.92 Å². The molecule has 2 rings (SSSR count). The van der Waals surface area contributed by atoms with Crippen LogP contribution < -0.4 is 4.74 Å². The number of benzene rings is 1. The summed E-state index contributed by atoms with van der Waals surface area (Å²) in [7, 11) is -3.43. The van der Waals surface area contributed by atoms with Crippen LogP contribution in [0.5, 0.6) is 5.75 Å². The summed E-state index contributed by atoms with van der Waals surface area (Å²) in [6.07, 6.45) is 2.45. The normalized spacial score (nSPS) is 17.1. The van der Waals surface area contributed by atoms with Gasteiger partial charge in [0.05, 0.1) is 19.5 Å². The molecule has 0 N–H and O–H groups in total. The average Bonchev–Trinajstić information content (AvgIpc) is 2.86. The quantitative estimate of drug-likeness (QED) is 0.555. The number of rotatable bonds is 7. The topological polar surface area (TPSA) is 78.9 Å². The highest BCUT2D eigenvalue weighted by atomic mass is 32.2. The second kappa shape index (κ2) is 7.11. The van der Waals surface area contributed by atoms with E-state index in [0.29, 0.717) is 18.8 Å². The average molecular weight is 328 g/mol. The van der Waals surface area contributed by atoms with Crippen LogP contribution in [0.25, 0.3) is 0 Å². The number of carbonyl (C=O) groups is 1. The molecule has 0 radical (unpaired) electrons. The number of hydrogen-bond donors (Lipinski definition) is 0. The van der Waals surface area contributed by atoms with Gasteiger partial charge in [-0.1, -0.05) is 12.1 Å². The minimum atomic E-state index is -3.43. The lowest BCUT2D eigenvalue weighted by Crippen LogP contribution is -2.15. The maximum Gasteiger partial charge on any atom is 0.344 e. The van der Waals surface area contributed by atoms with Crippen molar-refractivity contribution in [2.45, 2.75) is 19.8 Å². The molecule has 0 bridgehead atoms. The van der Waals surface area contributed by atoms with Crippen LogP contribution in [0, 0.1) is 5.92 Å². The molecule has 0 fully saturated rings. The van der Waals surface area contributed by atoms with Crippen LogP contribution in [-0.4, -0.2) is 40.5 Å². The van der Waals surface area contributed by atoms with Crippen molar-refractivity contribution >= 4 is 16.1 Å². The zero-order valence-electron chi connectivity index (χ0n) is 12.7. The molecule has 1 aliphatic carbocycles. The predicted octanol–water partition coefficient (Wildman–Crippen LogP) is 1.32. The van der Waals surface area contributed by atoms with E-state index in [1.54, 1.807) is 13.0 Å². The molecule has 22 heavy (non-hydrogen) atoms. The van der Waals surface area contributed by atoms with Crippen LogP contribution in [0.1, 0.15) is 18.1 Å². The van der Waals surface area contributed by atoms with Gasteiger partial charge in [0.1, 0.15) is 5.75 Å². The van der Waals surface area contributed by atoms with E-state index in [9.17, 15) is 13.2 Å². The Labute approximate surface area is 130 Å². The van der Waals surface area contributed by atoms with Crippen molar-refractivity contribution in [3.05, 3.63) is 29.3 Å². The molecule has 1 atom stereocenters. The standard InChI is InChI=1S/C15H20O6S/c1-3-19-15(16)10-20-14-6-4-5-12-7-11(8-13(12)14)9-21-22(2,17)18/h4-6,11H,3,7-10H2,1-2H3. The second-order valence-electron chi connectivity index (χ2n) is 5.25. The highest BCUT2D eigenvalue weighted by Crippen LogP contribution is 2.34. The monoisotopic (exact) mass is 328 g/mol. The van der Waals surface area contributed by atoms with Gasteiger partial charge in [0, 0.05) is 0 Å². The van der Waals surface area contributed by atoms with E-state index in [1.807, 2.05) is 12.1 Å². The summed E-state index contributed by atoms with van der Waals surface area (Å²) in [4.78, 5) is 11.4. The number of hydrogen-bond acceptors (Lipinski definition) is 6. The Kier molecular flexibility index (Phi) is 5.42. The Balaban J connectivity index is 1.98. The number of carbonyl (C=O) groups excluding carboxylic acids is 1. The molecule has 0 amide bonds. The van der Waals surface area contributed by atoms with E-state index >= 15 is 0 Å². The third kappa shape index (κ3) is 4.71. The lowest BCUT2D eigenvalue weighted by atomic mass is 10.1. The second-order valence-corrected chi connectivity index (χ2v) is 6.89. The molecule has 0 heterocycles. The fraction of sp³-hybridized carbons (Fsp3) is 0.533. The van der Waals surface area contributed by atoms with Crippen LogP contribution in [0.15, 0.2) is 18.2 Å². The first-order chi connectivity index (χ1) is 10.4. The van der Waals surface area contributed by atoms with Gasteiger partial charge < -0.3 is 9.47 Å². The minimum absolute atomic E-state index is 0.0945. The SMILES string of the molecule is CCOC(=O)COc1cccc2c1CC(COS(C)(=O)=O)C2. The Morgan fingerprint density at radius 2 is 2.09 bits per heavy atom. The maximum absolute atomic E-state index is 11.4. The molecule has 6 nitrogen and oxygen atoms in total. The molecule has 1 aliphatic rings. The molecule has 1 unspecified atom stereocenters. The molecule has 0 spiro atoms. The van der Waals surface area contributed by atoms with Gasteiger partial charge in [0.25, 0.3) is 10.1 Å². The predicted molar refractivity (Wildman–Crippen MR) is 80.3 cm³/mol. The first-order valence-corrected chi connectivity index (χ1v) is 8.94. The van der Waals surface area contributed by atoms with Crippen molar-refractivity contribution in [3.63, 3.8) is 0 Å². The van der Waals surface area contributed by atoms with Gasteiger partial charge >= 0.3 is 5.97 Å². The summed E-state index contributed by atoms with van der Waals surface area (Å²) in [5, 5.41) is 0. The van der Waals surface area contributed by atoms with Crippen molar-refractivity contribution in [3.8, 4) is 5.75 Å². The summed E-state index contributed by atoms with van der Waals surface area (Å²) < 4.78 is 37.4. The van der Waals surface area contributed by atoms with E-state index in [0.717, 1.165) is 23.8 Å². The van der Waals surface area contributed by atoms with Gasteiger partial charge in [-0.3, -0.25) is 4.18 Å². The Morgan fingerprint density at radius 3 is 2.77 bits per heavy atom. The molecule has 0 aliphatic heterocycles. The van der Waals surface area contributed by atoms with Gasteiger partial charge in [-0.2, -0.15) is 8.42 Å². The first kappa shape index (κ1) is 16.8. The van der Waals surface area contributed by atoms with Gasteiger partial charge in [0.15, 0.2) is 6.61 Å². The minimum Gasteiger partial charge on any atom is -0.482 e. The molecular weight excluding hydrogens is 308 g/mol. The summed E-state index contributed by atoms with van der Waals surface area (Å²) in [6.45, 7) is 2.09. The van der Waals surface area contributed by atoms with Crippen molar-refractivity contribution in [1.29, 1.82) is 0 Å². The zero-order chi connectivity index (χ0) is 16.2. The van der Waals surface area contributed by atoms with Crippen LogP contribution in [0.3, 0.4) is 0 Å². The van der Waals surface area contributed by atoms with E-state index < -0.39 is 16.1 Å². The number of esters is 1. The van der Waals surface area contributed by atoms with Gasteiger partial charge in [-0.15, -0.1) is 0 Å². The van der Waals surface area contributed by atoms with Crippen molar-refractivity contribution in [2.75, 3.05) is 26.1 Å². The van der Waals surface area contributed by atoms with Gasteiger partial charge in [0.2, 0.25) is 0 Å². The third-order valence-electron chi connectivity index (χ3n) is 3.40. The highest BCUT2D eigenvalue weighted by Gasteiger charge is 2.26. The zero-order valence-corrected chi connectivity index (χ0v) is 13.5. The third-order valence-corrected chi connectivity index (χ3v) is 3.96. The smallest absolute Gasteiger partial charge is 0.344 e. The van der Waals surface area contributed by atoms with E-state index in [4.69, 9.17) is 13.7 Å². The first-order valence-electron chi connectivity index (χ1n) is 7.12. The van der Waals surface area contributed by atoms with Crippen LogP contribution >= 0.6 is 0 Å². The fourth-order valence-electron chi connectivity index (χ4n) is 2.52. The molecule has 122 valence electrons. The largest absolute Gasteiger partial charge is 0.482 e. The molecular formula is C15H20O6S. The maximum atomic E-state index is 11.4. The number of ether oxygens (including phenoxy) is 2. The van der Waals surface area contributed by atoms with Crippen molar-refractivity contribution in [1.82, 2.24) is 0 Å². The Bertz CT molecular complexity index is 637. The summed E-state index contributed by atoms with van der Waals surface area (Å²) in [5.74, 6) is 0.333. The summed E-state index contributed by atoms with van der Waals surface area (Å²) in [5.41, 5.74) is 2.11. The van der Waals surface area contributed by atoms with Crippen LogP contribution in [0.4, 0.5) is 0 Å². The van der Waals surface area contributed by atoms with Crippen LogP contribution in [-0.2, 0) is 36.7 Å². The number of fused-ring (bicyclic) bond motifs is 1. The molecule has 0 aromatic heterocycles. The summed E-state index contributed by atoms with van der Waals surface area (Å²) >= 11 is 0. The van der Waals surface area contributed by atoms with E-state index in [-0.39, 0.29) is 19.1 Å². The fourth-order valence-corrected chi connectivity index (χ4v) is 2.96. The van der Waals surface area contributed by atoms with Crippen molar-refractivity contribution < 1.29 is 26.9 Å².